The van der Waals surface area contributed by atoms with Crippen molar-refractivity contribution in [2.24, 2.45) is 5.73 Å². The van der Waals surface area contributed by atoms with Crippen LogP contribution in [0.5, 0.6) is 5.75 Å². The van der Waals surface area contributed by atoms with E-state index in [1.807, 2.05) is 0 Å². The molecule has 0 spiro atoms. The average Bonchev–Trinajstić information content (AvgIpc) is 2.79. The molecule has 0 bridgehead atoms. The van der Waals surface area contributed by atoms with Crippen molar-refractivity contribution in [3.8, 4) is 5.75 Å². The lowest BCUT2D eigenvalue weighted by Crippen LogP contribution is -2.58. The van der Waals surface area contributed by atoms with Crippen molar-refractivity contribution in [1.29, 1.82) is 0 Å². The number of carbonyl (C=O) groups is 5. The molecule has 0 saturated heterocycles. The number of carboxylic acid groups (broad SMARTS) is 2. The van der Waals surface area contributed by atoms with Gasteiger partial charge in [0.1, 0.15) is 23.9 Å². The zero-order valence-corrected chi connectivity index (χ0v) is 19.8. The average molecular weight is 517 g/mol. The van der Waals surface area contributed by atoms with Crippen LogP contribution in [0.15, 0.2) is 24.3 Å². The number of benzene rings is 1. The number of carboxylic acids is 2. The number of aromatic hydroxyl groups is 1. The van der Waals surface area contributed by atoms with E-state index in [1.165, 1.54) is 24.3 Å². The molecular weight excluding hydrogens is 488 g/mol. The second kappa shape index (κ2) is 14.3. The number of hydrogen-bond donors (Lipinski definition) is 9. The maximum atomic E-state index is 12.9. The van der Waals surface area contributed by atoms with Crippen LogP contribution >= 0.6 is 25.3 Å². The van der Waals surface area contributed by atoms with E-state index < -0.39 is 60.2 Å². The molecule has 12 nitrogen and oxygen atoms in total. The normalized spacial score (nSPS) is 14.2. The number of aliphatic carboxylic acids is 2. The second-order valence-electron chi connectivity index (χ2n) is 7.30. The largest absolute Gasteiger partial charge is 0.508 e. The van der Waals surface area contributed by atoms with E-state index in [9.17, 15) is 34.2 Å². The molecule has 188 valence electrons. The lowest BCUT2D eigenvalue weighted by molar-refractivity contribution is -0.143. The predicted octanol–water partition coefficient (Wildman–Crippen LogP) is -1.47. The number of nitrogens with two attached hydrogens (primary N) is 1. The lowest BCUT2D eigenvalue weighted by Gasteiger charge is -2.24. The monoisotopic (exact) mass is 516 g/mol. The molecule has 1 aromatic rings. The highest BCUT2D eigenvalue weighted by atomic mass is 32.1. The van der Waals surface area contributed by atoms with E-state index in [2.05, 4.69) is 41.2 Å². The molecule has 1 aromatic carbocycles. The van der Waals surface area contributed by atoms with Gasteiger partial charge >= 0.3 is 11.9 Å². The van der Waals surface area contributed by atoms with Gasteiger partial charge in [0, 0.05) is 24.3 Å². The maximum Gasteiger partial charge on any atom is 0.326 e. The molecular formula is C20H28N4O8S2. The standard InChI is InChI=1S/C20H28N4O8S2/c21-12(8-33)17(28)24-15(9-34)19(30)23-14(7-10-1-3-11(25)4-2-10)18(29)22-13(20(31)32)5-6-16(26)27/h1-4,12-15,25,33-34H,5-9,21H2,(H,22,29)(H,23,30)(H,24,28)(H,26,27)(H,31,32). The number of carbonyl (C=O) groups excluding carboxylic acids is 3. The molecule has 34 heavy (non-hydrogen) atoms. The lowest BCUT2D eigenvalue weighted by atomic mass is 10.0. The molecule has 0 aliphatic carbocycles. The minimum atomic E-state index is -1.50. The van der Waals surface area contributed by atoms with Crippen LogP contribution in [0.4, 0.5) is 0 Å². The van der Waals surface area contributed by atoms with Crippen LogP contribution in [0.3, 0.4) is 0 Å². The Morgan fingerprint density at radius 2 is 1.35 bits per heavy atom. The van der Waals surface area contributed by atoms with Crippen LogP contribution < -0.4 is 21.7 Å². The molecule has 4 atom stereocenters. The molecule has 0 radical (unpaired) electrons. The van der Waals surface area contributed by atoms with Gasteiger partial charge in [-0.2, -0.15) is 25.3 Å². The third-order valence-corrected chi connectivity index (χ3v) is 5.38. The number of phenolic OH excluding ortho intramolecular Hbond substituents is 1. The van der Waals surface area contributed by atoms with Gasteiger partial charge in [0.25, 0.3) is 0 Å². The fourth-order valence-electron chi connectivity index (χ4n) is 2.70. The first kappa shape index (κ1) is 29.1. The highest BCUT2D eigenvalue weighted by Gasteiger charge is 2.30. The van der Waals surface area contributed by atoms with Crippen molar-refractivity contribution in [2.45, 2.75) is 43.4 Å². The summed E-state index contributed by atoms with van der Waals surface area (Å²) in [6.07, 6.45) is -0.953. The Morgan fingerprint density at radius 3 is 1.85 bits per heavy atom. The van der Waals surface area contributed by atoms with Gasteiger partial charge in [-0.15, -0.1) is 0 Å². The second-order valence-corrected chi connectivity index (χ2v) is 8.03. The van der Waals surface area contributed by atoms with Gasteiger partial charge < -0.3 is 37.0 Å². The zero-order valence-electron chi connectivity index (χ0n) is 18.0. The summed E-state index contributed by atoms with van der Waals surface area (Å²) in [5.41, 5.74) is 6.12. The Labute approximate surface area is 206 Å². The van der Waals surface area contributed by atoms with Crippen LogP contribution in [-0.2, 0) is 30.4 Å². The van der Waals surface area contributed by atoms with E-state index >= 15 is 0 Å². The Hall–Kier alpha value is -2.97. The molecule has 0 aliphatic heterocycles. The molecule has 0 aromatic heterocycles. The number of nitrogens with one attached hydrogen (secondary N) is 3. The molecule has 0 heterocycles. The van der Waals surface area contributed by atoms with Crippen LogP contribution in [-0.4, -0.2) is 80.7 Å². The minimum Gasteiger partial charge on any atom is -0.508 e. The molecule has 0 saturated carbocycles. The van der Waals surface area contributed by atoms with Crippen molar-refractivity contribution in [1.82, 2.24) is 16.0 Å². The van der Waals surface area contributed by atoms with Gasteiger partial charge in [-0.3, -0.25) is 19.2 Å². The van der Waals surface area contributed by atoms with Gasteiger partial charge in [-0.25, -0.2) is 4.79 Å². The first-order valence-corrected chi connectivity index (χ1v) is 11.4. The molecule has 0 aliphatic rings. The van der Waals surface area contributed by atoms with Crippen molar-refractivity contribution < 1.29 is 39.3 Å². The van der Waals surface area contributed by atoms with E-state index in [-0.39, 0.29) is 30.1 Å². The summed E-state index contributed by atoms with van der Waals surface area (Å²) in [6, 6.07) is 0.829. The summed E-state index contributed by atoms with van der Waals surface area (Å²) in [6.45, 7) is 0. The van der Waals surface area contributed by atoms with Gasteiger partial charge in [-0.05, 0) is 24.1 Å². The van der Waals surface area contributed by atoms with E-state index in [4.69, 9.17) is 10.8 Å². The van der Waals surface area contributed by atoms with Crippen LogP contribution in [0, 0.1) is 0 Å². The quantitative estimate of drug-likeness (QED) is 0.132. The summed E-state index contributed by atoms with van der Waals surface area (Å²) in [5.74, 6) is -5.09. The van der Waals surface area contributed by atoms with Crippen LogP contribution in [0.1, 0.15) is 18.4 Å². The summed E-state index contributed by atoms with van der Waals surface area (Å²) in [5, 5.41) is 34.7. The number of rotatable bonds is 14. The number of hydrogen-bond acceptors (Lipinski definition) is 9. The number of thiol groups is 2. The SMILES string of the molecule is NC(CS)C(=O)NC(CS)C(=O)NC(Cc1ccc(O)cc1)C(=O)NC(CCC(=O)O)C(=O)O. The Morgan fingerprint density at radius 1 is 0.824 bits per heavy atom. The molecule has 8 N–H and O–H groups in total. The minimum absolute atomic E-state index is 0.0215. The highest BCUT2D eigenvalue weighted by Crippen LogP contribution is 2.12. The van der Waals surface area contributed by atoms with Crippen molar-refractivity contribution in [3.63, 3.8) is 0 Å². The first-order chi connectivity index (χ1) is 16.0. The van der Waals surface area contributed by atoms with Crippen molar-refractivity contribution in [3.05, 3.63) is 29.8 Å². The van der Waals surface area contributed by atoms with Crippen LogP contribution in [0.2, 0.25) is 0 Å². The first-order valence-electron chi connectivity index (χ1n) is 10.1. The fraction of sp³-hybridized carbons (Fsp3) is 0.450. The van der Waals surface area contributed by atoms with Gasteiger partial charge in [0.05, 0.1) is 6.04 Å². The van der Waals surface area contributed by atoms with Gasteiger partial charge in [0.15, 0.2) is 0 Å². The smallest absolute Gasteiger partial charge is 0.326 e. The Kier molecular flexibility index (Phi) is 12.2. The Bertz CT molecular complexity index is 884. The van der Waals surface area contributed by atoms with Crippen molar-refractivity contribution in [2.75, 3.05) is 11.5 Å². The fourth-order valence-corrected chi connectivity index (χ4v) is 3.13. The van der Waals surface area contributed by atoms with E-state index in [0.29, 0.717) is 5.56 Å². The summed E-state index contributed by atoms with van der Waals surface area (Å²) >= 11 is 7.96. The molecule has 1 rings (SSSR count). The number of phenols is 1. The molecule has 0 fully saturated rings. The third-order valence-electron chi connectivity index (χ3n) is 4.62. The topological polar surface area (TPSA) is 208 Å². The van der Waals surface area contributed by atoms with Gasteiger partial charge in [-0.1, -0.05) is 12.1 Å². The van der Waals surface area contributed by atoms with E-state index in [0.717, 1.165) is 0 Å². The maximum absolute atomic E-state index is 12.9. The third kappa shape index (κ3) is 9.89. The summed E-state index contributed by atoms with van der Waals surface area (Å²) in [7, 11) is 0. The molecule has 14 heteroatoms. The zero-order chi connectivity index (χ0) is 25.8. The number of amides is 3. The predicted molar refractivity (Wildman–Crippen MR) is 128 cm³/mol. The molecule has 3 amide bonds. The summed E-state index contributed by atoms with van der Waals surface area (Å²) in [4.78, 5) is 59.9. The van der Waals surface area contributed by atoms with Crippen molar-refractivity contribution >= 4 is 54.9 Å². The van der Waals surface area contributed by atoms with Gasteiger partial charge in [0.2, 0.25) is 17.7 Å². The van der Waals surface area contributed by atoms with Crippen LogP contribution in [0.25, 0.3) is 0 Å². The Balaban J connectivity index is 3.06. The van der Waals surface area contributed by atoms with E-state index in [1.54, 1.807) is 0 Å². The molecule has 4 unspecified atom stereocenters. The summed E-state index contributed by atoms with van der Waals surface area (Å²) < 4.78 is 0. The highest BCUT2D eigenvalue weighted by molar-refractivity contribution is 7.80.